The van der Waals surface area contributed by atoms with E-state index in [0.717, 1.165) is 0 Å². The van der Waals surface area contributed by atoms with Gasteiger partial charge in [-0.25, -0.2) is 5.43 Å². The lowest BCUT2D eigenvalue weighted by Crippen LogP contribution is -2.25. The second-order valence-corrected chi connectivity index (χ2v) is 6.05. The predicted molar refractivity (Wildman–Crippen MR) is 99.5 cm³/mol. The Morgan fingerprint density at radius 1 is 1.15 bits per heavy atom. The van der Waals surface area contributed by atoms with Gasteiger partial charge in [0.05, 0.1) is 10.6 Å². The minimum Gasteiger partial charge on any atom is -0.484 e. The van der Waals surface area contributed by atoms with Crippen molar-refractivity contribution < 1.29 is 14.5 Å². The normalized spacial score (nSPS) is 11.3. The van der Waals surface area contributed by atoms with Gasteiger partial charge in [-0.05, 0) is 48.2 Å². The van der Waals surface area contributed by atoms with Crippen LogP contribution in [0.25, 0.3) is 0 Å². The average molecular weight is 355 g/mol. The van der Waals surface area contributed by atoms with Crippen LogP contribution in [0.15, 0.2) is 53.6 Å². The predicted octanol–water partition coefficient (Wildman–Crippen LogP) is 3.64. The summed E-state index contributed by atoms with van der Waals surface area (Å²) >= 11 is 0. The third-order valence-corrected chi connectivity index (χ3v) is 3.76. The van der Waals surface area contributed by atoms with E-state index in [1.54, 1.807) is 19.1 Å². The molecule has 0 heterocycles. The van der Waals surface area contributed by atoms with E-state index in [1.165, 1.54) is 17.7 Å². The first-order valence-corrected chi connectivity index (χ1v) is 8.17. The first-order valence-electron chi connectivity index (χ1n) is 8.17. The van der Waals surface area contributed by atoms with E-state index < -0.39 is 4.92 Å². The molecule has 1 N–H and O–H groups in total. The number of nitrogens with zero attached hydrogens (tertiary/aromatic N) is 2. The number of nitrogens with one attached hydrogen (secondary N) is 1. The van der Waals surface area contributed by atoms with Crippen LogP contribution in [0.1, 0.15) is 37.8 Å². The molecule has 1 amide bonds. The molecule has 0 aliphatic rings. The Hall–Kier alpha value is -3.22. The molecular weight excluding hydrogens is 334 g/mol. The molecule has 2 rings (SSSR count). The number of hydrogen-bond acceptors (Lipinski definition) is 5. The van der Waals surface area contributed by atoms with Crippen LogP contribution < -0.4 is 10.2 Å². The molecule has 7 heteroatoms. The maximum absolute atomic E-state index is 11.8. The number of carbonyl (C=O) groups excluding carboxylic acids is 1. The number of nitro groups is 1. The summed E-state index contributed by atoms with van der Waals surface area (Å²) < 4.78 is 5.43. The van der Waals surface area contributed by atoms with Gasteiger partial charge in [0.15, 0.2) is 6.61 Å². The lowest BCUT2D eigenvalue weighted by Gasteiger charge is -2.08. The van der Waals surface area contributed by atoms with Crippen LogP contribution >= 0.6 is 0 Å². The van der Waals surface area contributed by atoms with Gasteiger partial charge in [0.25, 0.3) is 11.6 Å². The third kappa shape index (κ3) is 5.41. The number of ether oxygens (including phenoxy) is 1. The summed E-state index contributed by atoms with van der Waals surface area (Å²) in [6.45, 7) is 5.76. The minimum atomic E-state index is -0.469. The lowest BCUT2D eigenvalue weighted by molar-refractivity contribution is -0.384. The molecule has 0 aliphatic heterocycles. The van der Waals surface area contributed by atoms with Crippen LogP contribution in [0.3, 0.4) is 0 Å². The molecule has 0 radical (unpaired) electrons. The SMILES string of the molecule is CC(=NNC(=O)COc1ccc(C(C)C)cc1)c1ccc([N+](=O)[O-])cc1. The van der Waals surface area contributed by atoms with Gasteiger partial charge in [-0.2, -0.15) is 5.10 Å². The molecule has 26 heavy (non-hydrogen) atoms. The molecule has 0 aromatic heterocycles. The Morgan fingerprint density at radius 3 is 2.31 bits per heavy atom. The molecule has 7 nitrogen and oxygen atoms in total. The Bertz CT molecular complexity index is 797. The summed E-state index contributed by atoms with van der Waals surface area (Å²) in [6, 6.07) is 13.5. The lowest BCUT2D eigenvalue weighted by atomic mass is 10.0. The summed E-state index contributed by atoms with van der Waals surface area (Å²) in [6.07, 6.45) is 0. The van der Waals surface area contributed by atoms with Gasteiger partial charge in [-0.15, -0.1) is 0 Å². The van der Waals surface area contributed by atoms with Gasteiger partial charge in [-0.3, -0.25) is 14.9 Å². The second-order valence-electron chi connectivity index (χ2n) is 6.05. The first-order chi connectivity index (χ1) is 12.4. The van der Waals surface area contributed by atoms with Crippen LogP contribution in [0.2, 0.25) is 0 Å². The second kappa shape index (κ2) is 8.75. The highest BCUT2D eigenvalue weighted by Crippen LogP contribution is 2.18. The molecule has 0 saturated carbocycles. The molecular formula is C19H21N3O4. The Morgan fingerprint density at radius 2 is 1.77 bits per heavy atom. The smallest absolute Gasteiger partial charge is 0.277 e. The van der Waals surface area contributed by atoms with Gasteiger partial charge < -0.3 is 4.74 Å². The van der Waals surface area contributed by atoms with Crippen molar-refractivity contribution in [2.45, 2.75) is 26.7 Å². The van der Waals surface area contributed by atoms with Gasteiger partial charge in [0.2, 0.25) is 0 Å². The fraction of sp³-hybridized carbons (Fsp3) is 0.263. The molecule has 136 valence electrons. The van der Waals surface area contributed by atoms with Gasteiger partial charge in [-0.1, -0.05) is 26.0 Å². The number of hydrazone groups is 1. The summed E-state index contributed by atoms with van der Waals surface area (Å²) in [7, 11) is 0. The van der Waals surface area contributed by atoms with Crippen molar-refractivity contribution in [1.29, 1.82) is 0 Å². The molecule has 0 aliphatic carbocycles. The molecule has 0 fully saturated rings. The van der Waals surface area contributed by atoms with Gasteiger partial charge in [0.1, 0.15) is 5.75 Å². The highest BCUT2D eigenvalue weighted by molar-refractivity contribution is 5.99. The minimum absolute atomic E-state index is 0.00229. The highest BCUT2D eigenvalue weighted by atomic mass is 16.6. The van der Waals surface area contributed by atoms with Crippen LogP contribution in [-0.4, -0.2) is 23.1 Å². The zero-order valence-electron chi connectivity index (χ0n) is 14.9. The summed E-state index contributed by atoms with van der Waals surface area (Å²) in [5.41, 5.74) is 4.83. The average Bonchev–Trinajstić information content (AvgIpc) is 2.64. The molecule has 0 atom stereocenters. The standard InChI is InChI=1S/C19H21N3O4/c1-13(2)15-6-10-18(11-7-15)26-12-19(23)21-20-14(3)16-4-8-17(9-5-16)22(24)25/h4-11,13H,12H2,1-3H3,(H,21,23). The fourth-order valence-electron chi connectivity index (χ4n) is 2.17. The van der Waals surface area contributed by atoms with Crippen molar-refractivity contribution in [2.75, 3.05) is 6.61 Å². The van der Waals surface area contributed by atoms with Crippen molar-refractivity contribution >= 4 is 17.3 Å². The zero-order valence-corrected chi connectivity index (χ0v) is 14.9. The van der Waals surface area contributed by atoms with E-state index in [2.05, 4.69) is 24.4 Å². The third-order valence-electron chi connectivity index (χ3n) is 3.76. The van der Waals surface area contributed by atoms with Crippen LogP contribution in [0, 0.1) is 10.1 Å². The number of nitro benzene ring substituents is 1. The van der Waals surface area contributed by atoms with E-state index in [-0.39, 0.29) is 18.2 Å². The van der Waals surface area contributed by atoms with E-state index >= 15 is 0 Å². The Kier molecular flexibility index (Phi) is 6.43. The van der Waals surface area contributed by atoms with Crippen LogP contribution in [0.5, 0.6) is 5.75 Å². The largest absolute Gasteiger partial charge is 0.484 e. The van der Waals surface area contributed by atoms with Crippen LogP contribution in [-0.2, 0) is 4.79 Å². The van der Waals surface area contributed by atoms with Crippen molar-refractivity contribution in [3.63, 3.8) is 0 Å². The molecule has 2 aromatic rings. The van der Waals surface area contributed by atoms with Crippen molar-refractivity contribution in [2.24, 2.45) is 5.10 Å². The number of amides is 1. The van der Waals surface area contributed by atoms with Crippen molar-refractivity contribution in [1.82, 2.24) is 5.43 Å². The molecule has 0 unspecified atom stereocenters. The highest BCUT2D eigenvalue weighted by Gasteiger charge is 2.07. The number of hydrogen-bond donors (Lipinski definition) is 1. The summed E-state index contributed by atoms with van der Waals surface area (Å²) in [5.74, 6) is 0.656. The summed E-state index contributed by atoms with van der Waals surface area (Å²) in [5, 5.41) is 14.6. The van der Waals surface area contributed by atoms with E-state index in [1.807, 2.05) is 24.3 Å². The summed E-state index contributed by atoms with van der Waals surface area (Å²) in [4.78, 5) is 22.0. The van der Waals surface area contributed by atoms with E-state index in [9.17, 15) is 14.9 Å². The van der Waals surface area contributed by atoms with Gasteiger partial charge in [0, 0.05) is 12.1 Å². The zero-order chi connectivity index (χ0) is 19.1. The molecule has 0 saturated heterocycles. The first kappa shape index (κ1) is 19.1. The van der Waals surface area contributed by atoms with Crippen molar-refractivity contribution in [3.8, 4) is 5.75 Å². The van der Waals surface area contributed by atoms with E-state index in [0.29, 0.717) is 22.9 Å². The maximum Gasteiger partial charge on any atom is 0.277 e. The number of benzene rings is 2. The number of non-ortho nitro benzene ring substituents is 1. The maximum atomic E-state index is 11.8. The fourth-order valence-corrected chi connectivity index (χ4v) is 2.17. The monoisotopic (exact) mass is 355 g/mol. The quantitative estimate of drug-likeness (QED) is 0.466. The Balaban J connectivity index is 1.86. The van der Waals surface area contributed by atoms with Crippen molar-refractivity contribution in [3.05, 3.63) is 69.8 Å². The number of carbonyl (C=O) groups is 1. The molecule has 2 aromatic carbocycles. The molecule has 0 bridgehead atoms. The van der Waals surface area contributed by atoms with E-state index in [4.69, 9.17) is 4.74 Å². The Labute approximate surface area is 151 Å². The topological polar surface area (TPSA) is 93.8 Å². The number of rotatable bonds is 7. The van der Waals surface area contributed by atoms with Gasteiger partial charge >= 0.3 is 0 Å². The van der Waals surface area contributed by atoms with Crippen LogP contribution in [0.4, 0.5) is 5.69 Å². The molecule has 0 spiro atoms.